The van der Waals surface area contributed by atoms with Gasteiger partial charge in [-0.3, -0.25) is 0 Å². The van der Waals surface area contributed by atoms with Crippen molar-refractivity contribution in [2.24, 2.45) is 17.8 Å². The zero-order chi connectivity index (χ0) is 13.2. The van der Waals surface area contributed by atoms with E-state index >= 15 is 0 Å². The first-order valence-electron chi connectivity index (χ1n) is 6.71. The lowest BCUT2D eigenvalue weighted by molar-refractivity contribution is 0.468. The summed E-state index contributed by atoms with van der Waals surface area (Å²) in [6.45, 7) is 13.6. The van der Waals surface area contributed by atoms with Gasteiger partial charge in [0.2, 0.25) is 0 Å². The van der Waals surface area contributed by atoms with Crippen LogP contribution >= 0.6 is 0 Å². The van der Waals surface area contributed by atoms with E-state index in [0.717, 1.165) is 0 Å². The highest BCUT2D eigenvalue weighted by atomic mass is 15.1. The van der Waals surface area contributed by atoms with Gasteiger partial charge in [-0.05, 0) is 28.9 Å². The van der Waals surface area contributed by atoms with Crippen molar-refractivity contribution in [1.29, 1.82) is 0 Å². The number of hydrogen-bond donors (Lipinski definition) is 0. The van der Waals surface area contributed by atoms with E-state index in [1.807, 2.05) is 0 Å². The first-order valence-corrected chi connectivity index (χ1v) is 6.71. The molecule has 1 aliphatic rings. The maximum atomic E-state index is 2.31. The minimum Gasteiger partial charge on any atom is -0.354 e. The van der Waals surface area contributed by atoms with Crippen LogP contribution in [0, 0.1) is 17.8 Å². The summed E-state index contributed by atoms with van der Waals surface area (Å²) in [6.07, 6.45) is 6.88. The van der Waals surface area contributed by atoms with E-state index in [2.05, 4.69) is 71.8 Å². The molecular formula is C16H27N. The first kappa shape index (κ1) is 14.1. The lowest BCUT2D eigenvalue weighted by Gasteiger charge is -2.26. The van der Waals surface area contributed by atoms with Crippen LogP contribution in [0.3, 0.4) is 0 Å². The molecule has 0 bridgehead atoms. The Balaban J connectivity index is 3.23. The van der Waals surface area contributed by atoms with Gasteiger partial charge >= 0.3 is 0 Å². The normalized spacial score (nSPS) is 17.3. The molecule has 0 fully saturated rings. The predicted molar refractivity (Wildman–Crippen MR) is 76.5 cm³/mol. The second kappa shape index (κ2) is 5.57. The van der Waals surface area contributed by atoms with Crippen molar-refractivity contribution in [2.75, 3.05) is 7.05 Å². The standard InChI is InChI=1S/C16H27N/c1-11(2)14-8-9-15(12(3)4)16(13(5)6)17(7)10-14/h8-13H,1-7H3. The minimum atomic E-state index is 0.560. The zero-order valence-corrected chi connectivity index (χ0v) is 12.4. The van der Waals surface area contributed by atoms with E-state index in [-0.39, 0.29) is 0 Å². The summed E-state index contributed by atoms with van der Waals surface area (Å²) in [6, 6.07) is 0. The summed E-state index contributed by atoms with van der Waals surface area (Å²) in [7, 11) is 2.17. The average Bonchev–Trinajstić information content (AvgIpc) is 2.36. The number of hydrogen-bond acceptors (Lipinski definition) is 1. The third-order valence-electron chi connectivity index (χ3n) is 3.31. The van der Waals surface area contributed by atoms with E-state index in [1.54, 1.807) is 0 Å². The summed E-state index contributed by atoms with van der Waals surface area (Å²) >= 11 is 0. The van der Waals surface area contributed by atoms with Gasteiger partial charge in [0.15, 0.2) is 0 Å². The van der Waals surface area contributed by atoms with Crippen molar-refractivity contribution in [3.63, 3.8) is 0 Å². The molecule has 1 aliphatic heterocycles. The smallest absolute Gasteiger partial charge is 0.0231 e. The Hall–Kier alpha value is -0.980. The summed E-state index contributed by atoms with van der Waals surface area (Å²) in [4.78, 5) is 2.31. The molecule has 0 saturated carbocycles. The van der Waals surface area contributed by atoms with E-state index < -0.39 is 0 Å². The van der Waals surface area contributed by atoms with Gasteiger partial charge in [-0.25, -0.2) is 0 Å². The summed E-state index contributed by atoms with van der Waals surface area (Å²) < 4.78 is 0. The molecule has 17 heavy (non-hydrogen) atoms. The van der Waals surface area contributed by atoms with Crippen LogP contribution in [0.15, 0.2) is 35.2 Å². The first-order chi connectivity index (χ1) is 7.84. The van der Waals surface area contributed by atoms with Gasteiger partial charge in [0.25, 0.3) is 0 Å². The van der Waals surface area contributed by atoms with Crippen LogP contribution in [0.2, 0.25) is 0 Å². The van der Waals surface area contributed by atoms with Gasteiger partial charge in [0.1, 0.15) is 0 Å². The van der Waals surface area contributed by atoms with Gasteiger partial charge in [-0.15, -0.1) is 0 Å². The summed E-state index contributed by atoms with van der Waals surface area (Å²) in [5.74, 6) is 1.71. The number of rotatable bonds is 3. The Morgan fingerprint density at radius 1 is 0.824 bits per heavy atom. The molecule has 0 aliphatic carbocycles. The molecule has 0 radical (unpaired) electrons. The van der Waals surface area contributed by atoms with Crippen LogP contribution in [-0.2, 0) is 0 Å². The van der Waals surface area contributed by atoms with Crippen LogP contribution in [0.5, 0.6) is 0 Å². The van der Waals surface area contributed by atoms with E-state index in [0.29, 0.717) is 17.8 Å². The van der Waals surface area contributed by atoms with Crippen molar-refractivity contribution in [3.05, 3.63) is 35.2 Å². The third-order valence-corrected chi connectivity index (χ3v) is 3.31. The molecule has 0 aromatic heterocycles. The Bertz CT molecular complexity index is 354. The molecule has 1 heteroatoms. The largest absolute Gasteiger partial charge is 0.354 e. The molecule has 0 atom stereocenters. The van der Waals surface area contributed by atoms with Gasteiger partial charge < -0.3 is 4.90 Å². The molecule has 0 N–H and O–H groups in total. The average molecular weight is 233 g/mol. The maximum absolute atomic E-state index is 2.31. The Kier molecular flexibility index (Phi) is 4.62. The second-order valence-corrected chi connectivity index (χ2v) is 5.88. The molecule has 1 nitrogen and oxygen atoms in total. The fourth-order valence-corrected chi connectivity index (χ4v) is 2.38. The maximum Gasteiger partial charge on any atom is 0.0231 e. The monoisotopic (exact) mass is 233 g/mol. The van der Waals surface area contributed by atoms with E-state index in [9.17, 15) is 0 Å². The highest BCUT2D eigenvalue weighted by Gasteiger charge is 2.18. The molecule has 0 amide bonds. The quantitative estimate of drug-likeness (QED) is 0.689. The lowest BCUT2D eigenvalue weighted by Crippen LogP contribution is -2.18. The Morgan fingerprint density at radius 3 is 1.82 bits per heavy atom. The third kappa shape index (κ3) is 3.24. The van der Waals surface area contributed by atoms with Crippen LogP contribution in [0.1, 0.15) is 41.5 Å². The Morgan fingerprint density at radius 2 is 1.41 bits per heavy atom. The van der Waals surface area contributed by atoms with Crippen molar-refractivity contribution in [3.8, 4) is 0 Å². The zero-order valence-electron chi connectivity index (χ0n) is 12.4. The van der Waals surface area contributed by atoms with E-state index in [4.69, 9.17) is 0 Å². The van der Waals surface area contributed by atoms with Crippen molar-refractivity contribution < 1.29 is 0 Å². The SMILES string of the molecule is CC(C)C1=CN(C)C(C(C)C)=C(C(C)C)C=C1. The van der Waals surface area contributed by atoms with Gasteiger partial charge in [-0.2, -0.15) is 0 Å². The molecule has 0 unspecified atom stereocenters. The Labute approximate surface area is 107 Å². The fourth-order valence-electron chi connectivity index (χ4n) is 2.38. The van der Waals surface area contributed by atoms with Crippen molar-refractivity contribution in [1.82, 2.24) is 4.90 Å². The number of nitrogens with zero attached hydrogens (tertiary/aromatic N) is 1. The van der Waals surface area contributed by atoms with Crippen LogP contribution in [-0.4, -0.2) is 11.9 Å². The van der Waals surface area contributed by atoms with Crippen LogP contribution in [0.25, 0.3) is 0 Å². The molecule has 1 rings (SSSR count). The number of allylic oxidation sites excluding steroid dienone is 5. The van der Waals surface area contributed by atoms with Crippen LogP contribution < -0.4 is 0 Å². The van der Waals surface area contributed by atoms with Gasteiger partial charge in [0.05, 0.1) is 0 Å². The van der Waals surface area contributed by atoms with Gasteiger partial charge in [0, 0.05) is 18.9 Å². The lowest BCUT2D eigenvalue weighted by atomic mass is 9.94. The molecule has 0 saturated heterocycles. The molecular weight excluding hydrogens is 206 g/mol. The molecule has 1 heterocycles. The molecule has 96 valence electrons. The fraction of sp³-hybridized carbons (Fsp3) is 0.625. The topological polar surface area (TPSA) is 3.24 Å². The van der Waals surface area contributed by atoms with E-state index in [1.165, 1.54) is 16.8 Å². The molecule has 0 spiro atoms. The highest BCUT2D eigenvalue weighted by Crippen LogP contribution is 2.29. The van der Waals surface area contributed by atoms with Crippen molar-refractivity contribution >= 4 is 0 Å². The summed E-state index contributed by atoms with van der Waals surface area (Å²) in [5, 5.41) is 0. The van der Waals surface area contributed by atoms with Crippen LogP contribution in [0.4, 0.5) is 0 Å². The van der Waals surface area contributed by atoms with Gasteiger partial charge in [-0.1, -0.05) is 53.7 Å². The highest BCUT2D eigenvalue weighted by molar-refractivity contribution is 5.37. The molecule has 0 aromatic rings. The predicted octanol–water partition coefficient (Wildman–Crippen LogP) is 4.59. The minimum absolute atomic E-state index is 0.560. The summed E-state index contributed by atoms with van der Waals surface area (Å²) in [5.41, 5.74) is 4.32. The van der Waals surface area contributed by atoms with Crippen molar-refractivity contribution in [2.45, 2.75) is 41.5 Å². The molecule has 0 aromatic carbocycles. The second-order valence-electron chi connectivity index (χ2n) is 5.88.